The minimum absolute atomic E-state index is 0.103. The third kappa shape index (κ3) is 5.33. The van der Waals surface area contributed by atoms with Gasteiger partial charge >= 0.3 is 11.9 Å². The Morgan fingerprint density at radius 2 is 1.58 bits per heavy atom. The monoisotopic (exact) mass is 666 g/mol. The molecule has 1 heterocycles. The zero-order chi connectivity index (χ0) is 35.2. The Balaban J connectivity index is 1.25. The maximum absolute atomic E-state index is 13.9. The summed E-state index contributed by atoms with van der Waals surface area (Å²) in [7, 11) is 0. The lowest BCUT2D eigenvalue weighted by Crippen LogP contribution is -2.67. The van der Waals surface area contributed by atoms with Crippen LogP contribution >= 0.6 is 0 Å². The van der Waals surface area contributed by atoms with Gasteiger partial charge < -0.3 is 14.7 Å². The normalized spacial score (nSPS) is 44.9. The van der Waals surface area contributed by atoms with Crippen molar-refractivity contribution in [2.75, 3.05) is 13.1 Å². The second-order valence-electron chi connectivity index (χ2n) is 20.2. The van der Waals surface area contributed by atoms with Gasteiger partial charge in [-0.25, -0.2) is 0 Å². The summed E-state index contributed by atoms with van der Waals surface area (Å²) in [6.45, 7) is 26.7. The van der Waals surface area contributed by atoms with Gasteiger partial charge in [0.05, 0.1) is 11.8 Å². The van der Waals surface area contributed by atoms with Crippen molar-refractivity contribution in [3.05, 3.63) is 12.2 Å². The van der Waals surface area contributed by atoms with Crippen molar-refractivity contribution >= 4 is 17.8 Å². The highest BCUT2D eigenvalue weighted by atomic mass is 16.5. The van der Waals surface area contributed by atoms with E-state index in [2.05, 4.69) is 59.9 Å². The Bertz CT molecular complexity index is 1330. The summed E-state index contributed by atoms with van der Waals surface area (Å²) in [6.07, 6.45) is 13.0. The number of carboxylic acids is 1. The van der Waals surface area contributed by atoms with Crippen LogP contribution in [0.25, 0.3) is 0 Å². The Kier molecular flexibility index (Phi) is 8.88. The number of nitrogens with zero attached hydrogens (tertiary/aromatic N) is 1. The molecule has 0 radical (unpaired) electrons. The van der Waals surface area contributed by atoms with E-state index < -0.39 is 11.4 Å². The van der Waals surface area contributed by atoms with E-state index in [1.54, 1.807) is 13.8 Å². The van der Waals surface area contributed by atoms with Crippen LogP contribution in [-0.2, 0) is 19.1 Å². The lowest BCUT2D eigenvalue weighted by molar-refractivity contribution is -0.250. The van der Waals surface area contributed by atoms with E-state index in [4.69, 9.17) is 4.74 Å². The molecule has 6 rings (SSSR count). The smallest absolute Gasteiger partial charge is 0.309 e. The second-order valence-corrected chi connectivity index (χ2v) is 20.2. The highest BCUT2D eigenvalue weighted by Gasteiger charge is 2.71. The van der Waals surface area contributed by atoms with E-state index in [9.17, 15) is 19.5 Å². The quantitative estimate of drug-likeness (QED) is 0.216. The van der Waals surface area contributed by atoms with Crippen LogP contribution in [0.2, 0.25) is 0 Å². The minimum atomic E-state index is -1.13. The molecule has 6 heteroatoms. The summed E-state index contributed by atoms with van der Waals surface area (Å²) in [4.78, 5) is 40.9. The number of esters is 1. The topological polar surface area (TPSA) is 83.9 Å². The fourth-order valence-electron chi connectivity index (χ4n) is 14.0. The molecule has 6 aliphatic rings. The molecule has 0 unspecified atom stereocenters. The molecule has 1 saturated heterocycles. The van der Waals surface area contributed by atoms with Crippen LogP contribution < -0.4 is 0 Å². The number of carbonyl (C=O) groups is 3. The Labute approximate surface area is 291 Å². The molecular formula is C42H67NO5. The molecule has 6 nitrogen and oxygen atoms in total. The average Bonchev–Trinajstić information content (AvgIpc) is 3.59. The third-order valence-corrected chi connectivity index (χ3v) is 16.9. The van der Waals surface area contributed by atoms with Gasteiger partial charge in [-0.3, -0.25) is 14.4 Å². The number of hydrogen-bond donors (Lipinski definition) is 1. The Hall–Kier alpha value is -1.85. The number of rotatable bonds is 7. The van der Waals surface area contributed by atoms with Crippen molar-refractivity contribution in [2.45, 2.75) is 152 Å². The van der Waals surface area contributed by atoms with E-state index in [1.165, 1.54) is 50.5 Å². The maximum Gasteiger partial charge on any atom is 0.309 e. The van der Waals surface area contributed by atoms with Gasteiger partial charge in [0.15, 0.2) is 0 Å². The first-order chi connectivity index (χ1) is 22.2. The molecular weight excluding hydrogens is 598 g/mol. The second kappa shape index (κ2) is 11.9. The molecule has 1 aliphatic heterocycles. The third-order valence-electron chi connectivity index (χ3n) is 16.9. The van der Waals surface area contributed by atoms with Crippen molar-refractivity contribution in [1.82, 2.24) is 4.90 Å². The summed E-state index contributed by atoms with van der Waals surface area (Å²) >= 11 is 0. The van der Waals surface area contributed by atoms with Gasteiger partial charge in [-0.2, -0.15) is 0 Å². The van der Waals surface area contributed by atoms with Crippen LogP contribution in [0.1, 0.15) is 146 Å². The first-order valence-electron chi connectivity index (χ1n) is 19.6. The molecule has 0 bridgehead atoms. The standard InChI is InChI=1S/C42H67NO5/c1-26(2)28-13-19-42(23-33(44)43-22-16-27(3)25-43)21-20-40(9)29(35(28)42)11-12-31-39(8)17-15-32(48-34(45)24-37(4,5)36(46)47)38(6,7)30(39)14-18-41(31,40)10/h27-32,35H,1,11-25H2,2-10H3,(H,46,47)/t27-,28+,29-,30+,31-,32+,35-,39+,40-,41-,42-/m1/s1. The van der Waals surface area contributed by atoms with E-state index in [0.717, 1.165) is 45.2 Å². The van der Waals surface area contributed by atoms with Gasteiger partial charge in [-0.1, -0.05) is 53.7 Å². The molecule has 270 valence electrons. The van der Waals surface area contributed by atoms with Gasteiger partial charge in [-0.15, -0.1) is 0 Å². The van der Waals surface area contributed by atoms with Crippen LogP contribution in [0.5, 0.6) is 0 Å². The molecule has 0 spiro atoms. The molecule has 6 fully saturated rings. The summed E-state index contributed by atoms with van der Waals surface area (Å²) in [5.74, 6) is 2.41. The number of hydrogen-bond acceptors (Lipinski definition) is 4. The van der Waals surface area contributed by atoms with Crippen LogP contribution in [-0.4, -0.2) is 47.0 Å². The molecule has 1 amide bonds. The molecule has 11 atom stereocenters. The minimum Gasteiger partial charge on any atom is -0.481 e. The van der Waals surface area contributed by atoms with Gasteiger partial charge in [0, 0.05) is 24.9 Å². The van der Waals surface area contributed by atoms with Gasteiger partial charge in [0.2, 0.25) is 5.91 Å². The highest BCUT2D eigenvalue weighted by Crippen LogP contribution is 2.78. The average molecular weight is 666 g/mol. The lowest BCUT2D eigenvalue weighted by atomic mass is 9.32. The molecule has 0 aromatic rings. The van der Waals surface area contributed by atoms with Gasteiger partial charge in [0.1, 0.15) is 6.10 Å². The molecule has 0 aromatic heterocycles. The zero-order valence-electron chi connectivity index (χ0n) is 31.9. The molecule has 5 aliphatic carbocycles. The number of likely N-dealkylation sites (tertiary alicyclic amines) is 1. The van der Waals surface area contributed by atoms with Crippen molar-refractivity contribution in [3.8, 4) is 0 Å². The largest absolute Gasteiger partial charge is 0.481 e. The van der Waals surface area contributed by atoms with Crippen molar-refractivity contribution in [3.63, 3.8) is 0 Å². The number of allylic oxidation sites excluding steroid dienone is 1. The molecule has 5 saturated carbocycles. The number of fused-ring (bicyclic) bond motifs is 7. The Morgan fingerprint density at radius 1 is 0.875 bits per heavy atom. The fraction of sp³-hybridized carbons (Fsp3) is 0.881. The summed E-state index contributed by atoms with van der Waals surface area (Å²) in [5, 5.41) is 9.59. The number of aliphatic carboxylic acids is 1. The van der Waals surface area contributed by atoms with Crippen molar-refractivity contribution in [1.29, 1.82) is 0 Å². The highest BCUT2D eigenvalue weighted by molar-refractivity contribution is 5.81. The maximum atomic E-state index is 13.9. The number of carbonyl (C=O) groups excluding carboxylic acids is 2. The van der Waals surface area contributed by atoms with Gasteiger partial charge in [-0.05, 0) is 149 Å². The van der Waals surface area contributed by atoms with Crippen molar-refractivity contribution in [2.24, 2.45) is 68.0 Å². The van der Waals surface area contributed by atoms with E-state index >= 15 is 0 Å². The predicted octanol–water partition coefficient (Wildman–Crippen LogP) is 9.32. The zero-order valence-corrected chi connectivity index (χ0v) is 31.9. The summed E-state index contributed by atoms with van der Waals surface area (Å²) in [5.41, 5.74) is 0.726. The van der Waals surface area contributed by atoms with Crippen LogP contribution in [0.4, 0.5) is 0 Å². The van der Waals surface area contributed by atoms with Crippen LogP contribution in [0.3, 0.4) is 0 Å². The summed E-state index contributed by atoms with van der Waals surface area (Å²) in [6, 6.07) is 0. The Morgan fingerprint density at radius 3 is 2.21 bits per heavy atom. The van der Waals surface area contributed by atoms with E-state index in [0.29, 0.717) is 41.4 Å². The number of ether oxygens (including phenoxy) is 1. The number of amides is 1. The van der Waals surface area contributed by atoms with Crippen LogP contribution in [0, 0.1) is 68.0 Å². The summed E-state index contributed by atoms with van der Waals surface area (Å²) < 4.78 is 6.18. The van der Waals surface area contributed by atoms with Crippen molar-refractivity contribution < 1.29 is 24.2 Å². The van der Waals surface area contributed by atoms with Crippen LogP contribution in [0.15, 0.2) is 12.2 Å². The first-order valence-corrected chi connectivity index (χ1v) is 19.6. The van der Waals surface area contributed by atoms with Gasteiger partial charge in [0.25, 0.3) is 0 Å². The molecule has 1 N–H and O–H groups in total. The number of carboxylic acid groups (broad SMARTS) is 1. The fourth-order valence-corrected chi connectivity index (χ4v) is 14.0. The lowest BCUT2D eigenvalue weighted by Gasteiger charge is -2.73. The first kappa shape index (κ1) is 36.0. The van der Waals surface area contributed by atoms with E-state index in [-0.39, 0.29) is 45.6 Å². The molecule has 0 aromatic carbocycles. The van der Waals surface area contributed by atoms with E-state index in [1.807, 2.05) is 0 Å². The predicted molar refractivity (Wildman–Crippen MR) is 190 cm³/mol. The molecule has 48 heavy (non-hydrogen) atoms. The SMILES string of the molecule is C=C(C)[C@@H]1CC[C@]2(CC(=O)N3CC[C@@H](C)C3)CC[C@]3(C)[C@H](CC[C@@H]4[C@@]5(C)CC[C@H](OC(=O)CC(C)(C)C(=O)O)C(C)(C)[C@@H]5CC[C@]43C)[C@@H]12.